The molecule has 1 aliphatic rings. The first-order chi connectivity index (χ1) is 13.6. The molecule has 2 N–H and O–H groups in total. The van der Waals surface area contributed by atoms with Crippen molar-refractivity contribution in [2.45, 2.75) is 45.7 Å². The normalized spacial score (nSPS) is 15.4. The van der Waals surface area contributed by atoms with Crippen molar-refractivity contribution < 1.29 is 14.2 Å². The summed E-state index contributed by atoms with van der Waals surface area (Å²) in [5, 5.41) is 6.95. The molecule has 0 aliphatic carbocycles. The fourth-order valence-corrected chi connectivity index (χ4v) is 3.51. The number of aliphatic imine (C=N–C) groups is 1. The van der Waals surface area contributed by atoms with Crippen molar-refractivity contribution in [2.75, 3.05) is 47.5 Å². The molecule has 1 aromatic carbocycles. The molecule has 1 aliphatic heterocycles. The van der Waals surface area contributed by atoms with Gasteiger partial charge in [-0.3, -0.25) is 0 Å². The van der Waals surface area contributed by atoms with Gasteiger partial charge in [-0.1, -0.05) is 6.92 Å². The lowest BCUT2D eigenvalue weighted by atomic mass is 10.1. The molecule has 1 fully saturated rings. The number of piperidine rings is 1. The SMILES string of the molecule is CCCN1CCC(NC(=NCc2cc(OC)c(OC)cc2OC)NCC)CC1.I. The second-order valence-corrected chi connectivity index (χ2v) is 6.97. The smallest absolute Gasteiger partial charge is 0.191 e. The van der Waals surface area contributed by atoms with E-state index in [0.29, 0.717) is 24.1 Å². The summed E-state index contributed by atoms with van der Waals surface area (Å²) in [4.78, 5) is 7.32. The van der Waals surface area contributed by atoms with Crippen molar-refractivity contribution in [3.63, 3.8) is 0 Å². The van der Waals surface area contributed by atoms with Gasteiger partial charge in [0.15, 0.2) is 17.5 Å². The molecule has 0 atom stereocenters. The fraction of sp³-hybridized carbons (Fsp3) is 0.667. The van der Waals surface area contributed by atoms with Crippen LogP contribution < -0.4 is 24.8 Å². The van der Waals surface area contributed by atoms with E-state index >= 15 is 0 Å². The van der Waals surface area contributed by atoms with Crippen LogP contribution in [0.15, 0.2) is 17.1 Å². The third-order valence-electron chi connectivity index (χ3n) is 5.01. The van der Waals surface area contributed by atoms with Gasteiger partial charge in [-0.2, -0.15) is 0 Å². The first-order valence-electron chi connectivity index (χ1n) is 10.2. The molecule has 2 rings (SSSR count). The number of hydrogen-bond donors (Lipinski definition) is 2. The first-order valence-corrected chi connectivity index (χ1v) is 10.2. The quantitative estimate of drug-likeness (QED) is 0.296. The molecule has 0 radical (unpaired) electrons. The van der Waals surface area contributed by atoms with E-state index in [2.05, 4.69) is 29.4 Å². The summed E-state index contributed by atoms with van der Waals surface area (Å²) >= 11 is 0. The van der Waals surface area contributed by atoms with E-state index in [-0.39, 0.29) is 24.0 Å². The third-order valence-corrected chi connectivity index (χ3v) is 5.01. The lowest BCUT2D eigenvalue weighted by molar-refractivity contribution is 0.206. The van der Waals surface area contributed by atoms with Gasteiger partial charge in [-0.15, -0.1) is 24.0 Å². The van der Waals surface area contributed by atoms with E-state index in [1.165, 1.54) is 13.0 Å². The van der Waals surface area contributed by atoms with Crippen LogP contribution in [-0.2, 0) is 6.54 Å². The monoisotopic (exact) mass is 520 g/mol. The number of likely N-dealkylation sites (tertiary alicyclic amines) is 1. The Morgan fingerprint density at radius 1 is 1.03 bits per heavy atom. The highest BCUT2D eigenvalue weighted by Crippen LogP contribution is 2.34. The number of methoxy groups -OCH3 is 3. The minimum atomic E-state index is 0. The Morgan fingerprint density at radius 2 is 1.66 bits per heavy atom. The molecule has 0 bridgehead atoms. The number of ether oxygens (including phenoxy) is 3. The number of nitrogens with zero attached hydrogens (tertiary/aromatic N) is 2. The Labute approximate surface area is 192 Å². The lowest BCUT2D eigenvalue weighted by Gasteiger charge is -2.32. The van der Waals surface area contributed by atoms with Crippen molar-refractivity contribution in [2.24, 2.45) is 4.99 Å². The van der Waals surface area contributed by atoms with E-state index in [1.807, 2.05) is 12.1 Å². The second kappa shape index (κ2) is 13.7. The topological polar surface area (TPSA) is 67.4 Å². The Kier molecular flexibility index (Phi) is 12.1. The molecule has 0 amide bonds. The first kappa shape index (κ1) is 25.6. The fourth-order valence-electron chi connectivity index (χ4n) is 3.51. The summed E-state index contributed by atoms with van der Waals surface area (Å²) in [7, 11) is 4.91. The van der Waals surface area contributed by atoms with Crippen molar-refractivity contribution in [1.29, 1.82) is 0 Å². The molecule has 1 heterocycles. The van der Waals surface area contributed by atoms with Crippen LogP contribution in [0.5, 0.6) is 17.2 Å². The van der Waals surface area contributed by atoms with Crippen molar-refractivity contribution >= 4 is 29.9 Å². The average Bonchev–Trinajstić information content (AvgIpc) is 2.73. The highest BCUT2D eigenvalue weighted by molar-refractivity contribution is 14.0. The molecule has 7 nitrogen and oxygen atoms in total. The molecule has 0 unspecified atom stereocenters. The number of benzene rings is 1. The molecule has 0 aromatic heterocycles. The van der Waals surface area contributed by atoms with Crippen LogP contribution in [0.1, 0.15) is 38.7 Å². The Balaban J connectivity index is 0.00000420. The molecular weight excluding hydrogens is 483 g/mol. The number of guanidine groups is 1. The maximum absolute atomic E-state index is 5.51. The van der Waals surface area contributed by atoms with Gasteiger partial charge in [0.25, 0.3) is 0 Å². The van der Waals surface area contributed by atoms with Crippen LogP contribution in [0.4, 0.5) is 0 Å². The van der Waals surface area contributed by atoms with Crippen LogP contribution >= 0.6 is 24.0 Å². The standard InChI is InChI=1S/C21H36N4O3.HI/c1-6-10-25-11-8-17(9-12-25)24-21(22-7-2)23-15-16-13-19(27-4)20(28-5)14-18(16)26-3;/h13-14,17H,6-12,15H2,1-5H3,(H2,22,23,24);1H. The largest absolute Gasteiger partial charge is 0.496 e. The van der Waals surface area contributed by atoms with Gasteiger partial charge in [0.05, 0.1) is 27.9 Å². The number of halogens is 1. The summed E-state index contributed by atoms with van der Waals surface area (Å²) in [6.07, 6.45) is 3.50. The predicted molar refractivity (Wildman–Crippen MR) is 129 cm³/mol. The zero-order chi connectivity index (χ0) is 20.4. The molecule has 1 saturated heterocycles. The highest BCUT2D eigenvalue weighted by atomic mass is 127. The maximum Gasteiger partial charge on any atom is 0.191 e. The summed E-state index contributed by atoms with van der Waals surface area (Å²) in [5.74, 6) is 2.91. The summed E-state index contributed by atoms with van der Waals surface area (Å²) in [6.45, 7) is 9.13. The Hall–Kier alpha value is -1.42. The Morgan fingerprint density at radius 3 is 2.21 bits per heavy atom. The average molecular weight is 520 g/mol. The van der Waals surface area contributed by atoms with Crippen molar-refractivity contribution in [3.8, 4) is 17.2 Å². The third kappa shape index (κ3) is 7.73. The van der Waals surface area contributed by atoms with Crippen LogP contribution in [-0.4, -0.2) is 64.4 Å². The molecule has 166 valence electrons. The number of nitrogens with one attached hydrogen (secondary N) is 2. The molecule has 0 spiro atoms. The van der Waals surface area contributed by atoms with Gasteiger partial charge in [0.2, 0.25) is 0 Å². The molecule has 29 heavy (non-hydrogen) atoms. The van der Waals surface area contributed by atoms with Gasteiger partial charge >= 0.3 is 0 Å². The minimum Gasteiger partial charge on any atom is -0.496 e. The molecule has 8 heteroatoms. The van der Waals surface area contributed by atoms with Gasteiger partial charge in [0, 0.05) is 37.3 Å². The van der Waals surface area contributed by atoms with E-state index < -0.39 is 0 Å². The van der Waals surface area contributed by atoms with Gasteiger partial charge in [-0.05, 0) is 38.8 Å². The highest BCUT2D eigenvalue weighted by Gasteiger charge is 2.19. The van der Waals surface area contributed by atoms with E-state index in [4.69, 9.17) is 19.2 Å². The summed E-state index contributed by atoms with van der Waals surface area (Å²) < 4.78 is 16.3. The Bertz CT molecular complexity index is 635. The van der Waals surface area contributed by atoms with Crippen LogP contribution in [0, 0.1) is 0 Å². The molecule has 0 saturated carbocycles. The van der Waals surface area contributed by atoms with Crippen LogP contribution in [0.3, 0.4) is 0 Å². The molecule has 1 aromatic rings. The maximum atomic E-state index is 5.51. The van der Waals surface area contributed by atoms with E-state index in [9.17, 15) is 0 Å². The zero-order valence-electron chi connectivity index (χ0n) is 18.4. The zero-order valence-corrected chi connectivity index (χ0v) is 20.7. The van der Waals surface area contributed by atoms with Crippen LogP contribution in [0.2, 0.25) is 0 Å². The minimum absolute atomic E-state index is 0. The second-order valence-electron chi connectivity index (χ2n) is 6.97. The number of rotatable bonds is 9. The summed E-state index contributed by atoms with van der Waals surface area (Å²) in [6, 6.07) is 4.22. The van der Waals surface area contributed by atoms with Gasteiger partial charge in [-0.25, -0.2) is 4.99 Å². The molecular formula is C21H37IN4O3. The van der Waals surface area contributed by atoms with Crippen molar-refractivity contribution in [3.05, 3.63) is 17.7 Å². The van der Waals surface area contributed by atoms with Crippen molar-refractivity contribution in [1.82, 2.24) is 15.5 Å². The van der Waals surface area contributed by atoms with Crippen LogP contribution in [0.25, 0.3) is 0 Å². The van der Waals surface area contributed by atoms with E-state index in [0.717, 1.165) is 49.7 Å². The van der Waals surface area contributed by atoms with Gasteiger partial charge < -0.3 is 29.7 Å². The van der Waals surface area contributed by atoms with E-state index in [1.54, 1.807) is 21.3 Å². The predicted octanol–water partition coefficient (Wildman–Crippen LogP) is 3.26. The lowest BCUT2D eigenvalue weighted by Crippen LogP contribution is -2.48. The van der Waals surface area contributed by atoms with Gasteiger partial charge in [0.1, 0.15) is 5.75 Å². The number of hydrogen-bond acceptors (Lipinski definition) is 5. The summed E-state index contributed by atoms with van der Waals surface area (Å²) in [5.41, 5.74) is 0.954.